The van der Waals surface area contributed by atoms with Crippen LogP contribution in [0.3, 0.4) is 0 Å². The second-order valence-corrected chi connectivity index (χ2v) is 3.26. The van der Waals surface area contributed by atoms with Gasteiger partial charge < -0.3 is 15.6 Å². The van der Waals surface area contributed by atoms with Gasteiger partial charge in [-0.2, -0.15) is 4.98 Å². The highest BCUT2D eigenvalue weighted by Gasteiger charge is 2.13. The average Bonchev–Trinajstić information content (AvgIpc) is 2.24. The number of nitrogen functional groups attached to an aromatic ring is 1. The first-order valence-corrected chi connectivity index (χ1v) is 5.07. The van der Waals surface area contributed by atoms with Crippen molar-refractivity contribution in [2.24, 2.45) is 0 Å². The third kappa shape index (κ3) is 3.67. The Labute approximate surface area is 96.8 Å². The zero-order valence-corrected chi connectivity index (χ0v) is 9.32. The van der Waals surface area contributed by atoms with E-state index in [0.717, 1.165) is 12.8 Å². The van der Waals surface area contributed by atoms with E-state index in [2.05, 4.69) is 15.3 Å². The fourth-order valence-corrected chi connectivity index (χ4v) is 1.04. The molecule has 0 unspecified atom stereocenters. The zero-order valence-electron chi connectivity index (χ0n) is 9.32. The molecule has 0 radical (unpaired) electrons. The molecule has 1 aromatic rings. The Kier molecular flexibility index (Phi) is 4.32. The molecular formula is C9H14N4O4. The van der Waals surface area contributed by atoms with Crippen LogP contribution in [0.2, 0.25) is 0 Å². The van der Waals surface area contributed by atoms with Crippen molar-refractivity contribution < 1.29 is 14.6 Å². The Hall–Kier alpha value is -2.25. The normalized spacial score (nSPS) is 9.94. The van der Waals surface area contributed by atoms with Crippen molar-refractivity contribution in [1.82, 2.24) is 9.97 Å². The number of ether oxygens (including phenoxy) is 1. The van der Waals surface area contributed by atoms with Crippen molar-refractivity contribution in [2.75, 3.05) is 17.7 Å². The van der Waals surface area contributed by atoms with Crippen LogP contribution in [0.15, 0.2) is 4.79 Å². The van der Waals surface area contributed by atoms with Crippen LogP contribution in [0, 0.1) is 0 Å². The van der Waals surface area contributed by atoms with E-state index < -0.39 is 17.5 Å². The van der Waals surface area contributed by atoms with E-state index in [1.807, 2.05) is 6.92 Å². The van der Waals surface area contributed by atoms with Crippen molar-refractivity contribution in [1.29, 1.82) is 0 Å². The minimum Gasteiger partial charge on any atom is -0.492 e. The second kappa shape index (κ2) is 5.73. The molecule has 0 aliphatic carbocycles. The monoisotopic (exact) mass is 242 g/mol. The number of nitrogens with one attached hydrogen (secondary N) is 2. The van der Waals surface area contributed by atoms with Crippen LogP contribution in [-0.4, -0.2) is 27.8 Å². The Morgan fingerprint density at radius 3 is 2.94 bits per heavy atom. The van der Waals surface area contributed by atoms with Crippen LogP contribution < -0.4 is 16.6 Å². The van der Waals surface area contributed by atoms with E-state index in [1.165, 1.54) is 0 Å². The summed E-state index contributed by atoms with van der Waals surface area (Å²) in [4.78, 5) is 28.1. The molecule has 0 fully saturated rings. The van der Waals surface area contributed by atoms with Gasteiger partial charge in [-0.05, 0) is 6.42 Å². The van der Waals surface area contributed by atoms with Crippen molar-refractivity contribution in [3.63, 3.8) is 0 Å². The number of nitrogens with zero attached hydrogens (tertiary/aromatic N) is 1. The minimum atomic E-state index is -0.828. The molecule has 0 spiro atoms. The molecule has 1 amide bonds. The van der Waals surface area contributed by atoms with Crippen molar-refractivity contribution in [2.45, 2.75) is 19.8 Å². The summed E-state index contributed by atoms with van der Waals surface area (Å²) in [5.41, 5.74) is 4.05. The number of anilines is 2. The van der Waals surface area contributed by atoms with Gasteiger partial charge in [0.2, 0.25) is 11.8 Å². The van der Waals surface area contributed by atoms with Crippen LogP contribution in [0.25, 0.3) is 0 Å². The summed E-state index contributed by atoms with van der Waals surface area (Å²) in [5.74, 6) is -0.893. The molecule has 0 aliphatic heterocycles. The van der Waals surface area contributed by atoms with E-state index in [4.69, 9.17) is 10.5 Å². The fourth-order valence-electron chi connectivity index (χ4n) is 1.04. The van der Waals surface area contributed by atoms with Crippen molar-refractivity contribution >= 4 is 17.7 Å². The number of aromatic hydroxyl groups is 1. The number of rotatable bonds is 4. The molecule has 0 atom stereocenters. The predicted molar refractivity (Wildman–Crippen MR) is 60.8 cm³/mol. The number of carbonyl (C=O) groups is 1. The summed E-state index contributed by atoms with van der Waals surface area (Å²) in [6.45, 7) is 2.19. The molecule has 94 valence electrons. The molecular weight excluding hydrogens is 228 g/mol. The lowest BCUT2D eigenvalue weighted by molar-refractivity contribution is 0.159. The molecule has 8 nitrogen and oxygen atoms in total. The molecule has 0 saturated carbocycles. The largest absolute Gasteiger partial charge is 0.492 e. The molecule has 8 heteroatoms. The average molecular weight is 242 g/mol. The third-order valence-corrected chi connectivity index (χ3v) is 1.88. The number of nitrogens with two attached hydrogens (primary N) is 1. The van der Waals surface area contributed by atoms with Gasteiger partial charge in [0.1, 0.15) is 0 Å². The molecule has 0 saturated heterocycles. The Balaban J connectivity index is 2.69. The summed E-state index contributed by atoms with van der Waals surface area (Å²) in [6, 6.07) is 0. The lowest BCUT2D eigenvalue weighted by Crippen LogP contribution is -2.22. The molecule has 1 heterocycles. The molecule has 0 bridgehead atoms. The van der Waals surface area contributed by atoms with Gasteiger partial charge >= 0.3 is 6.09 Å². The first-order valence-electron chi connectivity index (χ1n) is 5.07. The van der Waals surface area contributed by atoms with Crippen LogP contribution in [0.4, 0.5) is 16.4 Å². The SMILES string of the molecule is CCCCOC(=O)Nc1c(O)nc(N)[nH]c1=O. The van der Waals surface area contributed by atoms with E-state index in [1.54, 1.807) is 0 Å². The Bertz CT molecular complexity index is 457. The minimum absolute atomic E-state index is 0.239. The predicted octanol–water partition coefficient (Wildman–Crippen LogP) is 0.406. The number of aromatic nitrogens is 2. The maximum Gasteiger partial charge on any atom is 0.411 e. The third-order valence-electron chi connectivity index (χ3n) is 1.88. The van der Waals surface area contributed by atoms with Gasteiger partial charge in [-0.3, -0.25) is 15.1 Å². The first-order chi connectivity index (χ1) is 8.04. The summed E-state index contributed by atoms with van der Waals surface area (Å²) in [7, 11) is 0. The number of H-pyrrole nitrogens is 1. The smallest absolute Gasteiger partial charge is 0.411 e. The van der Waals surface area contributed by atoms with Gasteiger partial charge in [0.05, 0.1) is 6.61 Å². The van der Waals surface area contributed by atoms with Gasteiger partial charge in [-0.25, -0.2) is 4.79 Å². The number of unbranched alkanes of at least 4 members (excludes halogenated alkanes) is 1. The van der Waals surface area contributed by atoms with Crippen LogP contribution in [0.5, 0.6) is 5.88 Å². The van der Waals surface area contributed by atoms with Crippen molar-refractivity contribution in [3.05, 3.63) is 10.4 Å². The highest BCUT2D eigenvalue weighted by Crippen LogP contribution is 2.14. The summed E-state index contributed by atoms with van der Waals surface area (Å²) in [5, 5.41) is 11.4. The van der Waals surface area contributed by atoms with E-state index in [0.29, 0.717) is 0 Å². The highest BCUT2D eigenvalue weighted by atomic mass is 16.5. The lowest BCUT2D eigenvalue weighted by atomic mass is 10.4. The van der Waals surface area contributed by atoms with Gasteiger partial charge in [0, 0.05) is 0 Å². The summed E-state index contributed by atoms with van der Waals surface area (Å²) in [6.07, 6.45) is 0.768. The van der Waals surface area contributed by atoms with Crippen molar-refractivity contribution in [3.8, 4) is 5.88 Å². The molecule has 1 rings (SSSR count). The van der Waals surface area contributed by atoms with Gasteiger partial charge in [0.25, 0.3) is 5.56 Å². The topological polar surface area (TPSA) is 130 Å². The maximum atomic E-state index is 11.3. The van der Waals surface area contributed by atoms with Gasteiger partial charge in [-0.1, -0.05) is 13.3 Å². The van der Waals surface area contributed by atoms with Gasteiger partial charge in [0.15, 0.2) is 5.69 Å². The Morgan fingerprint density at radius 1 is 1.65 bits per heavy atom. The summed E-state index contributed by atoms with van der Waals surface area (Å²) < 4.78 is 4.75. The number of hydrogen-bond acceptors (Lipinski definition) is 6. The van der Waals surface area contributed by atoms with E-state index >= 15 is 0 Å². The maximum absolute atomic E-state index is 11.3. The van der Waals surface area contributed by atoms with E-state index in [-0.39, 0.29) is 18.2 Å². The van der Waals surface area contributed by atoms with E-state index in [9.17, 15) is 14.7 Å². The van der Waals surface area contributed by atoms with Crippen LogP contribution in [0.1, 0.15) is 19.8 Å². The van der Waals surface area contributed by atoms with Crippen LogP contribution in [-0.2, 0) is 4.74 Å². The number of amides is 1. The molecule has 0 aromatic carbocycles. The highest BCUT2D eigenvalue weighted by molar-refractivity contribution is 5.85. The quantitative estimate of drug-likeness (QED) is 0.565. The Morgan fingerprint density at radius 2 is 2.35 bits per heavy atom. The number of hydrogen-bond donors (Lipinski definition) is 4. The zero-order chi connectivity index (χ0) is 12.8. The van der Waals surface area contributed by atoms with Crippen LogP contribution >= 0.6 is 0 Å². The second-order valence-electron chi connectivity index (χ2n) is 3.26. The fraction of sp³-hybridized carbons (Fsp3) is 0.444. The van der Waals surface area contributed by atoms with Gasteiger partial charge in [-0.15, -0.1) is 0 Å². The number of carbonyl (C=O) groups excluding carboxylic acids is 1. The lowest BCUT2D eigenvalue weighted by Gasteiger charge is -2.06. The standard InChI is InChI=1S/C9H14N4O4/c1-2-3-4-17-9(16)11-5-6(14)12-8(10)13-7(5)15/h2-4H2,1H3,(H,11,16)(H4,10,12,13,14,15). The number of aromatic amines is 1. The molecule has 5 N–H and O–H groups in total. The first kappa shape index (κ1) is 12.8. The molecule has 1 aromatic heterocycles. The molecule has 0 aliphatic rings. The summed E-state index contributed by atoms with van der Waals surface area (Å²) >= 11 is 0. The molecule has 17 heavy (non-hydrogen) atoms.